The highest BCUT2D eigenvalue weighted by molar-refractivity contribution is 4.56. The topological polar surface area (TPSA) is 47.9 Å². The Morgan fingerprint density at radius 1 is 1.38 bits per heavy atom. The van der Waals surface area contributed by atoms with Gasteiger partial charge in [-0.2, -0.15) is 0 Å². The average Bonchev–Trinajstić information content (AvgIpc) is 1.60. The summed E-state index contributed by atoms with van der Waals surface area (Å²) in [6, 6.07) is 0. The van der Waals surface area contributed by atoms with Crippen LogP contribution in [-0.4, -0.2) is 11.1 Å². The van der Waals surface area contributed by atoms with Gasteiger partial charge in [-0.05, 0) is 0 Å². The van der Waals surface area contributed by atoms with Crippen molar-refractivity contribution >= 4 is 0 Å². The zero-order chi connectivity index (χ0) is 6.20. The monoisotopic (exact) mass is 120 g/mol. The van der Waals surface area contributed by atoms with E-state index in [0.717, 1.165) is 0 Å². The Morgan fingerprint density at radius 2 is 1.88 bits per heavy atom. The highest BCUT2D eigenvalue weighted by Crippen LogP contribution is 2.28. The van der Waals surface area contributed by atoms with Crippen LogP contribution < -0.4 is 0 Å². The first kappa shape index (κ1) is 5.97. The fourth-order valence-electron chi connectivity index (χ4n) is 0.296. The lowest BCUT2D eigenvalue weighted by molar-refractivity contribution is -0.782. The second kappa shape index (κ2) is 1.66. The minimum absolute atomic E-state index is 0.115. The molecule has 4 heteroatoms. The molecule has 0 bridgehead atoms. The van der Waals surface area contributed by atoms with E-state index in [4.69, 9.17) is 5.11 Å². The van der Waals surface area contributed by atoms with Crippen LogP contribution in [0, 0.1) is 5.92 Å². The lowest BCUT2D eigenvalue weighted by atomic mass is 10.2. The summed E-state index contributed by atoms with van der Waals surface area (Å²) in [5, 5.41) is 12.8. The van der Waals surface area contributed by atoms with Crippen molar-refractivity contribution in [1.82, 2.24) is 0 Å². The number of hydrogen-bond acceptors (Lipinski definition) is 4. The molecule has 0 amide bonds. The summed E-state index contributed by atoms with van der Waals surface area (Å²) in [6.45, 7) is 3.50. The van der Waals surface area contributed by atoms with Gasteiger partial charge in [-0.1, -0.05) is 18.9 Å². The molecule has 0 spiro atoms. The third kappa shape index (κ3) is 0.714. The summed E-state index contributed by atoms with van der Waals surface area (Å²) >= 11 is 0. The van der Waals surface area contributed by atoms with Crippen LogP contribution in [0.4, 0.5) is 0 Å². The first-order chi connectivity index (χ1) is 3.65. The van der Waals surface area contributed by atoms with E-state index in [2.05, 4.69) is 14.8 Å². The lowest BCUT2D eigenvalue weighted by Crippen LogP contribution is -2.49. The number of hydrogen-bond donors (Lipinski definition) is 1. The molecule has 0 unspecified atom stereocenters. The second-order valence-electron chi connectivity index (χ2n) is 2.02. The van der Waals surface area contributed by atoms with Gasteiger partial charge in [0.1, 0.15) is 0 Å². The molecule has 1 fully saturated rings. The molecular weight excluding hydrogens is 112 g/mol. The number of aliphatic hydroxyl groups is 1. The van der Waals surface area contributed by atoms with E-state index >= 15 is 0 Å². The van der Waals surface area contributed by atoms with Crippen LogP contribution >= 0.6 is 0 Å². The summed E-state index contributed by atoms with van der Waals surface area (Å²) < 4.78 is 0. The Hall–Kier alpha value is -0.160. The van der Waals surface area contributed by atoms with Crippen molar-refractivity contribution < 1.29 is 19.9 Å². The Morgan fingerprint density at radius 3 is 1.88 bits per heavy atom. The van der Waals surface area contributed by atoms with Gasteiger partial charge in [-0.15, -0.1) is 9.78 Å². The molecule has 1 rings (SSSR count). The molecule has 0 aromatic carbocycles. The molecule has 0 aromatic heterocycles. The van der Waals surface area contributed by atoms with Crippen molar-refractivity contribution in [3.05, 3.63) is 0 Å². The van der Waals surface area contributed by atoms with Gasteiger partial charge in [0.05, 0.1) is 0 Å². The fourth-order valence-corrected chi connectivity index (χ4v) is 0.296. The van der Waals surface area contributed by atoms with Gasteiger partial charge in [-0.25, -0.2) is 0 Å². The van der Waals surface area contributed by atoms with Crippen LogP contribution in [0.5, 0.6) is 0 Å². The Labute approximate surface area is 46.8 Å². The molecule has 0 radical (unpaired) electrons. The van der Waals surface area contributed by atoms with Crippen molar-refractivity contribution in [1.29, 1.82) is 0 Å². The molecule has 0 aromatic rings. The maximum absolute atomic E-state index is 8.92. The van der Waals surface area contributed by atoms with Crippen molar-refractivity contribution in [3.63, 3.8) is 0 Å². The van der Waals surface area contributed by atoms with E-state index in [0.29, 0.717) is 0 Å². The van der Waals surface area contributed by atoms with E-state index in [1.807, 2.05) is 0 Å². The highest BCUT2D eigenvalue weighted by Gasteiger charge is 2.45. The predicted molar refractivity (Wildman–Crippen MR) is 23.0 cm³/mol. The molecule has 0 atom stereocenters. The van der Waals surface area contributed by atoms with Crippen molar-refractivity contribution in [2.24, 2.45) is 5.92 Å². The minimum atomic E-state index is -1.50. The highest BCUT2D eigenvalue weighted by atomic mass is 17.6. The van der Waals surface area contributed by atoms with E-state index in [1.165, 1.54) is 0 Å². The maximum Gasteiger partial charge on any atom is 0.345 e. The molecular formula is C4H8O4. The zero-order valence-corrected chi connectivity index (χ0v) is 4.75. The third-order valence-corrected chi connectivity index (χ3v) is 1.04. The summed E-state index contributed by atoms with van der Waals surface area (Å²) in [6.07, 6.45) is 0. The van der Waals surface area contributed by atoms with Gasteiger partial charge in [0, 0.05) is 5.92 Å². The second-order valence-corrected chi connectivity index (χ2v) is 2.02. The van der Waals surface area contributed by atoms with E-state index in [9.17, 15) is 0 Å². The molecule has 1 heterocycles. The third-order valence-electron chi connectivity index (χ3n) is 1.04. The van der Waals surface area contributed by atoms with Gasteiger partial charge in [-0.3, -0.25) is 0 Å². The zero-order valence-electron chi connectivity index (χ0n) is 4.75. The lowest BCUT2D eigenvalue weighted by Gasteiger charge is -2.33. The molecule has 1 N–H and O–H groups in total. The van der Waals surface area contributed by atoms with Crippen molar-refractivity contribution in [2.45, 2.75) is 19.8 Å². The summed E-state index contributed by atoms with van der Waals surface area (Å²) in [4.78, 5) is 8.43. The molecule has 1 aliphatic heterocycles. The van der Waals surface area contributed by atoms with Crippen LogP contribution in [-0.2, 0) is 14.8 Å². The molecule has 4 nitrogen and oxygen atoms in total. The van der Waals surface area contributed by atoms with Crippen LogP contribution in [0.1, 0.15) is 13.8 Å². The normalized spacial score (nSPS) is 25.5. The predicted octanol–water partition coefficient (Wildman–Crippen LogP) is 0.182. The SMILES string of the molecule is CC(C)C1(O)OOO1. The molecule has 0 saturated carbocycles. The Bertz CT molecular complexity index is 86.0. The van der Waals surface area contributed by atoms with Crippen LogP contribution in [0.25, 0.3) is 0 Å². The molecule has 1 aliphatic rings. The van der Waals surface area contributed by atoms with Gasteiger partial charge in [0.15, 0.2) is 0 Å². The largest absolute Gasteiger partial charge is 0.345 e. The Kier molecular flexibility index (Phi) is 1.24. The summed E-state index contributed by atoms with van der Waals surface area (Å²) in [5.74, 6) is -1.61. The molecule has 0 aliphatic carbocycles. The standard InChI is InChI=1S/C4H8O4/c1-3(2)4(5)6-8-7-4/h3,5H,1-2H3. The molecule has 1 saturated heterocycles. The quantitative estimate of drug-likeness (QED) is 0.501. The summed E-state index contributed by atoms with van der Waals surface area (Å²) in [7, 11) is 0. The van der Waals surface area contributed by atoms with Crippen LogP contribution in [0.2, 0.25) is 0 Å². The molecule has 8 heavy (non-hydrogen) atoms. The van der Waals surface area contributed by atoms with Crippen LogP contribution in [0.3, 0.4) is 0 Å². The van der Waals surface area contributed by atoms with Gasteiger partial charge >= 0.3 is 5.97 Å². The molecule has 48 valence electrons. The van der Waals surface area contributed by atoms with Crippen molar-refractivity contribution in [2.75, 3.05) is 0 Å². The van der Waals surface area contributed by atoms with Gasteiger partial charge in [0.2, 0.25) is 0 Å². The van der Waals surface area contributed by atoms with Crippen LogP contribution in [0.15, 0.2) is 0 Å². The minimum Gasteiger partial charge on any atom is -0.339 e. The smallest absolute Gasteiger partial charge is 0.339 e. The number of rotatable bonds is 1. The van der Waals surface area contributed by atoms with E-state index < -0.39 is 5.97 Å². The van der Waals surface area contributed by atoms with Gasteiger partial charge in [0.25, 0.3) is 0 Å². The average molecular weight is 120 g/mol. The Balaban J connectivity index is 2.41. The van der Waals surface area contributed by atoms with Crippen molar-refractivity contribution in [3.8, 4) is 0 Å². The summed E-state index contributed by atoms with van der Waals surface area (Å²) in [5.41, 5.74) is 0. The first-order valence-electron chi connectivity index (χ1n) is 2.41. The van der Waals surface area contributed by atoms with Gasteiger partial charge < -0.3 is 5.11 Å². The van der Waals surface area contributed by atoms with E-state index in [-0.39, 0.29) is 5.92 Å². The maximum atomic E-state index is 8.92. The fraction of sp³-hybridized carbons (Fsp3) is 1.00. The van der Waals surface area contributed by atoms with E-state index in [1.54, 1.807) is 13.8 Å². The first-order valence-corrected chi connectivity index (χ1v) is 2.41.